The maximum absolute atomic E-state index is 9.82. The molecule has 0 heterocycles. The molecule has 0 aromatic heterocycles. The van der Waals surface area contributed by atoms with E-state index in [1.54, 1.807) is 26.4 Å². The number of methoxy groups -OCH3 is 2. The summed E-state index contributed by atoms with van der Waals surface area (Å²) >= 11 is 0. The third-order valence-electron chi connectivity index (χ3n) is 3.79. The first-order valence-electron chi connectivity index (χ1n) is 8.01. The first-order chi connectivity index (χ1) is 11.7. The van der Waals surface area contributed by atoms with Crippen LogP contribution in [0.15, 0.2) is 66.8 Å². The van der Waals surface area contributed by atoms with E-state index in [2.05, 4.69) is 18.2 Å². The molecule has 3 nitrogen and oxygen atoms in total. The predicted octanol–water partition coefficient (Wildman–Crippen LogP) is 4.62. The summed E-state index contributed by atoms with van der Waals surface area (Å²) in [6.45, 7) is 0. The fourth-order valence-corrected chi connectivity index (χ4v) is 2.41. The van der Waals surface area contributed by atoms with E-state index in [-0.39, 0.29) is 11.9 Å². The van der Waals surface area contributed by atoms with Crippen molar-refractivity contribution in [2.45, 2.75) is 18.9 Å². The summed E-state index contributed by atoms with van der Waals surface area (Å²) < 4.78 is 10.5. The van der Waals surface area contributed by atoms with Crippen molar-refractivity contribution in [3.8, 4) is 11.5 Å². The Morgan fingerprint density at radius 2 is 1.83 bits per heavy atom. The molecule has 1 atom stereocenters. The molecule has 2 rings (SSSR count). The fraction of sp³-hybridized carbons (Fsp3) is 0.238. The Labute approximate surface area is 143 Å². The Hall–Kier alpha value is -2.52. The molecule has 24 heavy (non-hydrogen) atoms. The highest BCUT2D eigenvalue weighted by molar-refractivity contribution is 5.50. The number of benzene rings is 2. The van der Waals surface area contributed by atoms with Crippen LogP contribution in [0.1, 0.15) is 17.5 Å². The Morgan fingerprint density at radius 3 is 2.50 bits per heavy atom. The van der Waals surface area contributed by atoms with E-state index < -0.39 is 0 Å². The van der Waals surface area contributed by atoms with E-state index in [4.69, 9.17) is 9.47 Å². The van der Waals surface area contributed by atoms with Crippen LogP contribution in [-0.4, -0.2) is 25.4 Å². The number of aromatic hydroxyl groups is 1. The molecule has 0 aliphatic heterocycles. The number of hydrogen-bond donors (Lipinski definition) is 1. The van der Waals surface area contributed by atoms with E-state index in [1.165, 1.54) is 5.56 Å². The van der Waals surface area contributed by atoms with Crippen LogP contribution in [0.4, 0.5) is 0 Å². The minimum atomic E-state index is 0.0367. The quantitative estimate of drug-likeness (QED) is 0.720. The smallest absolute Gasteiger partial charge is 0.160 e. The third kappa shape index (κ3) is 5.60. The molecule has 2 aromatic carbocycles. The van der Waals surface area contributed by atoms with Crippen LogP contribution < -0.4 is 4.74 Å². The van der Waals surface area contributed by atoms with Crippen molar-refractivity contribution in [3.05, 3.63) is 77.9 Å². The zero-order valence-electron chi connectivity index (χ0n) is 14.2. The van der Waals surface area contributed by atoms with Crippen molar-refractivity contribution >= 4 is 6.08 Å². The topological polar surface area (TPSA) is 38.7 Å². The fourth-order valence-electron chi connectivity index (χ4n) is 2.41. The van der Waals surface area contributed by atoms with E-state index in [0.717, 1.165) is 18.4 Å². The van der Waals surface area contributed by atoms with E-state index in [1.807, 2.05) is 42.5 Å². The predicted molar refractivity (Wildman–Crippen MR) is 98.4 cm³/mol. The second-order valence-corrected chi connectivity index (χ2v) is 5.47. The molecule has 0 aliphatic rings. The van der Waals surface area contributed by atoms with Gasteiger partial charge in [0.05, 0.1) is 13.2 Å². The Kier molecular flexibility index (Phi) is 7.12. The zero-order valence-corrected chi connectivity index (χ0v) is 14.2. The van der Waals surface area contributed by atoms with Gasteiger partial charge in [-0.1, -0.05) is 60.7 Å². The Bertz CT molecular complexity index is 675. The first-order valence-corrected chi connectivity index (χ1v) is 8.01. The summed E-state index contributed by atoms with van der Waals surface area (Å²) in [6, 6.07) is 15.7. The van der Waals surface area contributed by atoms with Gasteiger partial charge in [0.2, 0.25) is 0 Å². The van der Waals surface area contributed by atoms with Gasteiger partial charge < -0.3 is 14.6 Å². The van der Waals surface area contributed by atoms with Gasteiger partial charge in [0, 0.05) is 7.11 Å². The summed E-state index contributed by atoms with van der Waals surface area (Å²) in [6.07, 6.45) is 9.83. The van der Waals surface area contributed by atoms with Crippen molar-refractivity contribution in [2.24, 2.45) is 0 Å². The average molecular weight is 324 g/mol. The minimum absolute atomic E-state index is 0.0367. The normalized spacial score (nSPS) is 12.8. The molecule has 126 valence electrons. The second-order valence-electron chi connectivity index (χ2n) is 5.47. The van der Waals surface area contributed by atoms with Crippen LogP contribution >= 0.6 is 0 Å². The molecule has 0 fully saturated rings. The Balaban J connectivity index is 1.86. The maximum atomic E-state index is 9.82. The van der Waals surface area contributed by atoms with Gasteiger partial charge in [-0.2, -0.15) is 0 Å². The molecule has 1 N–H and O–H groups in total. The average Bonchev–Trinajstić information content (AvgIpc) is 2.62. The molecule has 0 saturated heterocycles. The van der Waals surface area contributed by atoms with Crippen molar-refractivity contribution < 1.29 is 14.6 Å². The van der Waals surface area contributed by atoms with Crippen LogP contribution in [0.5, 0.6) is 11.5 Å². The second kappa shape index (κ2) is 9.58. The van der Waals surface area contributed by atoms with Gasteiger partial charge in [0.1, 0.15) is 0 Å². The van der Waals surface area contributed by atoms with Gasteiger partial charge in [0.25, 0.3) is 0 Å². The molecule has 2 aromatic rings. The van der Waals surface area contributed by atoms with Crippen LogP contribution in [0.3, 0.4) is 0 Å². The highest BCUT2D eigenvalue weighted by atomic mass is 16.5. The van der Waals surface area contributed by atoms with Crippen LogP contribution in [0, 0.1) is 0 Å². The van der Waals surface area contributed by atoms with Crippen LogP contribution in [0.2, 0.25) is 0 Å². The number of allylic oxidation sites excluding steroid dienone is 2. The number of hydrogen-bond acceptors (Lipinski definition) is 3. The molecule has 0 amide bonds. The summed E-state index contributed by atoms with van der Waals surface area (Å²) in [5, 5.41) is 9.82. The number of phenolic OH excluding ortho intramolecular Hbond substituents is 1. The molecule has 1 unspecified atom stereocenters. The van der Waals surface area contributed by atoms with Gasteiger partial charge in [-0.05, 0) is 36.1 Å². The van der Waals surface area contributed by atoms with Gasteiger partial charge in [0.15, 0.2) is 11.5 Å². The molecular formula is C21H24O3. The molecule has 3 heteroatoms. The van der Waals surface area contributed by atoms with Crippen molar-refractivity contribution in [3.63, 3.8) is 0 Å². The lowest BCUT2D eigenvalue weighted by Gasteiger charge is -2.11. The van der Waals surface area contributed by atoms with Gasteiger partial charge in [-0.3, -0.25) is 0 Å². The van der Waals surface area contributed by atoms with Crippen molar-refractivity contribution in [1.82, 2.24) is 0 Å². The highest BCUT2D eigenvalue weighted by Crippen LogP contribution is 2.26. The maximum Gasteiger partial charge on any atom is 0.160 e. The lowest BCUT2D eigenvalue weighted by molar-refractivity contribution is 0.134. The lowest BCUT2D eigenvalue weighted by atomic mass is 10.1. The number of phenols is 1. The highest BCUT2D eigenvalue weighted by Gasteiger charge is 2.06. The Morgan fingerprint density at radius 1 is 1.04 bits per heavy atom. The summed E-state index contributed by atoms with van der Waals surface area (Å²) in [5.74, 6) is 0.665. The molecular weight excluding hydrogens is 300 g/mol. The first kappa shape index (κ1) is 17.8. The van der Waals surface area contributed by atoms with E-state index in [9.17, 15) is 5.11 Å². The minimum Gasteiger partial charge on any atom is -0.504 e. The third-order valence-corrected chi connectivity index (χ3v) is 3.79. The van der Waals surface area contributed by atoms with E-state index >= 15 is 0 Å². The summed E-state index contributed by atoms with van der Waals surface area (Å²) in [5.41, 5.74) is 2.23. The van der Waals surface area contributed by atoms with Crippen molar-refractivity contribution in [2.75, 3.05) is 14.2 Å². The SMILES string of the molecule is COc1ccc(CCC(/C=C/C=C/c2ccccc2)OC)cc1O. The van der Waals surface area contributed by atoms with E-state index in [0.29, 0.717) is 5.75 Å². The standard InChI is InChI=1S/C21H24O3/c1-23-19(11-7-6-10-17-8-4-3-5-9-17)14-12-18-13-15-21(24-2)20(22)16-18/h3-11,13,15-16,19,22H,12,14H2,1-2H3/b10-6+,11-7+. The number of rotatable bonds is 8. The molecule has 0 radical (unpaired) electrons. The van der Waals surface area contributed by atoms with Crippen LogP contribution in [0.25, 0.3) is 6.08 Å². The van der Waals surface area contributed by atoms with Gasteiger partial charge in [-0.15, -0.1) is 0 Å². The molecule has 0 aliphatic carbocycles. The van der Waals surface area contributed by atoms with Crippen LogP contribution in [-0.2, 0) is 11.2 Å². The zero-order chi connectivity index (χ0) is 17.2. The largest absolute Gasteiger partial charge is 0.504 e. The van der Waals surface area contributed by atoms with Crippen molar-refractivity contribution in [1.29, 1.82) is 0 Å². The molecule has 0 saturated carbocycles. The summed E-state index contributed by atoms with van der Waals surface area (Å²) in [4.78, 5) is 0. The summed E-state index contributed by atoms with van der Waals surface area (Å²) in [7, 11) is 3.25. The molecule has 0 spiro atoms. The van der Waals surface area contributed by atoms with Gasteiger partial charge >= 0.3 is 0 Å². The number of aryl methyl sites for hydroxylation is 1. The van der Waals surface area contributed by atoms with Gasteiger partial charge in [-0.25, -0.2) is 0 Å². The monoisotopic (exact) mass is 324 g/mol. The molecule has 0 bridgehead atoms. The number of ether oxygens (including phenoxy) is 2. The lowest BCUT2D eigenvalue weighted by Crippen LogP contribution is -2.08.